The van der Waals surface area contributed by atoms with Crippen LogP contribution in [0.4, 0.5) is 0 Å². The third-order valence-electron chi connectivity index (χ3n) is 3.18. The maximum absolute atomic E-state index is 4.14. The molecule has 0 aromatic carbocycles. The molecule has 0 heteroatoms. The Balaban J connectivity index is 1.93. The molecule has 0 nitrogen and oxygen atoms in total. The average molecular weight is 148 g/mol. The fourth-order valence-electron chi connectivity index (χ4n) is 1.91. The topological polar surface area (TPSA) is 0 Å². The van der Waals surface area contributed by atoms with E-state index < -0.39 is 0 Å². The first-order chi connectivity index (χ1) is 5.20. The number of hydrogen-bond acceptors (Lipinski definition) is 0. The summed E-state index contributed by atoms with van der Waals surface area (Å²) < 4.78 is 0. The van der Waals surface area contributed by atoms with Gasteiger partial charge in [-0.1, -0.05) is 26.5 Å². The molecule has 60 valence electrons. The zero-order chi connectivity index (χ0) is 8.01. The molecule has 0 N–H and O–H groups in total. The van der Waals surface area contributed by atoms with E-state index in [2.05, 4.69) is 26.5 Å². The van der Waals surface area contributed by atoms with E-state index in [1.807, 2.05) is 0 Å². The summed E-state index contributed by atoms with van der Waals surface area (Å²) in [4.78, 5) is 0. The van der Waals surface area contributed by atoms with Gasteiger partial charge in [0.05, 0.1) is 0 Å². The van der Waals surface area contributed by atoms with Crippen LogP contribution >= 0.6 is 0 Å². The van der Waals surface area contributed by atoms with Gasteiger partial charge in [0.15, 0.2) is 0 Å². The molecule has 0 bridgehead atoms. The average Bonchev–Trinajstić information content (AvgIpc) is 2.76. The second kappa shape index (κ2) is 2.23. The van der Waals surface area contributed by atoms with Crippen LogP contribution in [0.5, 0.6) is 0 Å². The Morgan fingerprint density at radius 2 is 2.27 bits per heavy atom. The minimum absolute atomic E-state index is 0.749. The highest BCUT2D eigenvalue weighted by Gasteiger charge is 2.39. The third-order valence-corrected chi connectivity index (χ3v) is 3.18. The molecule has 11 heavy (non-hydrogen) atoms. The Hall–Kier alpha value is -0.520. The fourth-order valence-corrected chi connectivity index (χ4v) is 1.91. The van der Waals surface area contributed by atoms with Crippen molar-refractivity contribution in [3.05, 3.63) is 23.8 Å². The summed E-state index contributed by atoms with van der Waals surface area (Å²) in [6.45, 7) is 8.82. The molecule has 2 rings (SSSR count). The van der Waals surface area contributed by atoms with Gasteiger partial charge in [0.2, 0.25) is 0 Å². The molecule has 0 amide bonds. The summed E-state index contributed by atoms with van der Waals surface area (Å²) in [6.07, 6.45) is 4.92. The van der Waals surface area contributed by atoms with Gasteiger partial charge in [-0.15, -0.1) is 0 Å². The van der Waals surface area contributed by atoms with Crippen molar-refractivity contribution in [1.82, 2.24) is 0 Å². The summed E-state index contributed by atoms with van der Waals surface area (Å²) in [5, 5.41) is 0. The summed E-state index contributed by atoms with van der Waals surface area (Å²) in [7, 11) is 0. The molecule has 2 aliphatic rings. The molecule has 0 radical (unpaired) electrons. The molecular weight excluding hydrogens is 132 g/mol. The van der Waals surface area contributed by atoms with Gasteiger partial charge in [0, 0.05) is 0 Å². The predicted molar refractivity (Wildman–Crippen MR) is 48.3 cm³/mol. The molecule has 3 atom stereocenters. The lowest BCUT2D eigenvalue weighted by Crippen LogP contribution is -2.00. The van der Waals surface area contributed by atoms with E-state index in [0.717, 1.165) is 17.8 Å². The normalized spacial score (nSPS) is 36.0. The first-order valence-corrected chi connectivity index (χ1v) is 4.58. The van der Waals surface area contributed by atoms with E-state index in [1.165, 1.54) is 24.0 Å². The summed E-state index contributed by atoms with van der Waals surface area (Å²) >= 11 is 0. The van der Waals surface area contributed by atoms with Crippen molar-refractivity contribution in [3.8, 4) is 0 Å². The molecule has 3 unspecified atom stereocenters. The Kier molecular flexibility index (Phi) is 1.45. The third kappa shape index (κ3) is 1.26. The van der Waals surface area contributed by atoms with Crippen molar-refractivity contribution in [1.29, 1.82) is 0 Å². The molecule has 0 saturated heterocycles. The van der Waals surface area contributed by atoms with Crippen LogP contribution in [0.25, 0.3) is 0 Å². The zero-order valence-electron chi connectivity index (χ0n) is 7.43. The van der Waals surface area contributed by atoms with Crippen LogP contribution in [-0.2, 0) is 0 Å². The van der Waals surface area contributed by atoms with Gasteiger partial charge in [-0.2, -0.15) is 0 Å². The molecule has 1 fully saturated rings. The Morgan fingerprint density at radius 3 is 2.64 bits per heavy atom. The minimum atomic E-state index is 0.749. The standard InChI is InChI=1S/C11H16/c1-7-6-11(7)9(3)8(2)10-4-5-10/h4,7,9,11H,2,5-6H2,1,3H3. The highest BCUT2D eigenvalue weighted by molar-refractivity contribution is 5.42. The smallest absolute Gasteiger partial charge is 0.00918 e. The van der Waals surface area contributed by atoms with Gasteiger partial charge in [-0.3, -0.25) is 0 Å². The molecule has 0 aliphatic heterocycles. The second-order valence-electron chi connectivity index (χ2n) is 4.12. The van der Waals surface area contributed by atoms with Gasteiger partial charge in [-0.25, -0.2) is 0 Å². The van der Waals surface area contributed by atoms with Crippen LogP contribution in [0, 0.1) is 17.8 Å². The monoisotopic (exact) mass is 148 g/mol. The van der Waals surface area contributed by atoms with E-state index in [1.54, 1.807) is 0 Å². The van der Waals surface area contributed by atoms with Gasteiger partial charge in [-0.05, 0) is 41.7 Å². The predicted octanol–water partition coefficient (Wildman–Crippen LogP) is 3.16. The molecule has 0 aromatic rings. The van der Waals surface area contributed by atoms with Gasteiger partial charge >= 0.3 is 0 Å². The highest BCUT2D eigenvalue weighted by atomic mass is 14.4. The minimum Gasteiger partial charge on any atom is -0.0953 e. The van der Waals surface area contributed by atoms with Crippen LogP contribution < -0.4 is 0 Å². The lowest BCUT2D eigenvalue weighted by atomic mass is 9.94. The molecule has 1 saturated carbocycles. The fraction of sp³-hybridized carbons (Fsp3) is 0.636. The molecule has 0 spiro atoms. The van der Waals surface area contributed by atoms with Crippen molar-refractivity contribution in [2.24, 2.45) is 17.8 Å². The second-order valence-corrected chi connectivity index (χ2v) is 4.12. The van der Waals surface area contributed by atoms with E-state index in [0.29, 0.717) is 0 Å². The van der Waals surface area contributed by atoms with Crippen molar-refractivity contribution < 1.29 is 0 Å². The van der Waals surface area contributed by atoms with Gasteiger partial charge < -0.3 is 0 Å². The van der Waals surface area contributed by atoms with Crippen LogP contribution in [0.2, 0.25) is 0 Å². The van der Waals surface area contributed by atoms with Crippen LogP contribution in [-0.4, -0.2) is 0 Å². The van der Waals surface area contributed by atoms with E-state index in [9.17, 15) is 0 Å². The summed E-state index contributed by atoms with van der Waals surface area (Å²) in [5.74, 6) is 2.66. The molecular formula is C11H16. The van der Waals surface area contributed by atoms with Crippen LogP contribution in [0.1, 0.15) is 26.7 Å². The summed E-state index contributed by atoms with van der Waals surface area (Å²) in [6, 6.07) is 0. The first kappa shape index (κ1) is 7.15. The summed E-state index contributed by atoms with van der Waals surface area (Å²) in [5.41, 5.74) is 2.94. The zero-order valence-corrected chi connectivity index (χ0v) is 7.43. The van der Waals surface area contributed by atoms with Gasteiger partial charge in [0.25, 0.3) is 0 Å². The van der Waals surface area contributed by atoms with E-state index in [-0.39, 0.29) is 0 Å². The Morgan fingerprint density at radius 1 is 1.73 bits per heavy atom. The van der Waals surface area contributed by atoms with Crippen molar-refractivity contribution in [2.75, 3.05) is 0 Å². The van der Waals surface area contributed by atoms with E-state index >= 15 is 0 Å². The maximum Gasteiger partial charge on any atom is -0.00918 e. The van der Waals surface area contributed by atoms with Crippen molar-refractivity contribution >= 4 is 0 Å². The molecule has 0 aromatic heterocycles. The Labute approximate surface area is 69.0 Å². The number of hydrogen-bond donors (Lipinski definition) is 0. The molecule has 0 heterocycles. The largest absolute Gasteiger partial charge is 0.0953 e. The quantitative estimate of drug-likeness (QED) is 0.576. The lowest BCUT2D eigenvalue weighted by Gasteiger charge is -2.11. The highest BCUT2D eigenvalue weighted by Crippen LogP contribution is 2.48. The molecule has 2 aliphatic carbocycles. The first-order valence-electron chi connectivity index (χ1n) is 4.58. The van der Waals surface area contributed by atoms with Crippen molar-refractivity contribution in [3.63, 3.8) is 0 Å². The van der Waals surface area contributed by atoms with Crippen LogP contribution in [0.15, 0.2) is 23.8 Å². The number of rotatable bonds is 3. The lowest BCUT2D eigenvalue weighted by molar-refractivity contribution is 0.565. The van der Waals surface area contributed by atoms with E-state index in [4.69, 9.17) is 0 Å². The number of allylic oxidation sites excluding steroid dienone is 3. The van der Waals surface area contributed by atoms with Crippen LogP contribution in [0.3, 0.4) is 0 Å². The SMILES string of the molecule is C=C(C1=CC1)C(C)C1CC1C. The maximum atomic E-state index is 4.14. The van der Waals surface area contributed by atoms with Crippen molar-refractivity contribution in [2.45, 2.75) is 26.7 Å². The van der Waals surface area contributed by atoms with Gasteiger partial charge in [0.1, 0.15) is 0 Å². The Bertz CT molecular complexity index is 222.